The van der Waals surface area contributed by atoms with Gasteiger partial charge in [-0.25, -0.2) is 9.59 Å². The number of unbranched alkanes of at least 4 members (excludes halogenated alkanes) is 2. The molecule has 0 fully saturated rings. The van der Waals surface area contributed by atoms with E-state index in [1.807, 2.05) is 0 Å². The largest absolute Gasteiger partial charge is 0.493 e. The molecule has 0 aliphatic rings. The molecule has 8 heteroatoms. The number of para-hydroxylation sites is 1. The average molecular weight is 468 g/mol. The van der Waals surface area contributed by atoms with E-state index in [1.54, 1.807) is 36.4 Å². The molecule has 0 saturated carbocycles. The maximum Gasteiger partial charge on any atom is 0.345 e. The minimum Gasteiger partial charge on any atom is -0.493 e. The number of esters is 1. The van der Waals surface area contributed by atoms with Crippen LogP contribution in [0.4, 0.5) is 10.5 Å². The van der Waals surface area contributed by atoms with Crippen molar-refractivity contribution >= 4 is 23.6 Å². The molecule has 8 nitrogen and oxygen atoms in total. The quantitative estimate of drug-likeness (QED) is 0.179. The molecule has 0 spiro atoms. The van der Waals surface area contributed by atoms with Crippen molar-refractivity contribution in [3.8, 4) is 11.5 Å². The van der Waals surface area contributed by atoms with Crippen molar-refractivity contribution in [1.29, 1.82) is 0 Å². The van der Waals surface area contributed by atoms with Gasteiger partial charge in [0.25, 0.3) is 0 Å². The van der Waals surface area contributed by atoms with Crippen LogP contribution in [0.25, 0.3) is 0 Å². The molecule has 3 amide bonds. The number of allylic oxidation sites excluding steroid dienone is 2. The smallest absolute Gasteiger partial charge is 0.345 e. The molecule has 0 heterocycles. The second-order valence-electron chi connectivity index (χ2n) is 8.10. The Kier molecular flexibility index (Phi) is 10.6. The van der Waals surface area contributed by atoms with Gasteiger partial charge in [-0.3, -0.25) is 4.79 Å². The first-order valence-electron chi connectivity index (χ1n) is 11.3. The van der Waals surface area contributed by atoms with E-state index in [1.165, 1.54) is 13.2 Å². The van der Waals surface area contributed by atoms with Crippen LogP contribution in [-0.4, -0.2) is 25.0 Å². The fourth-order valence-electron chi connectivity index (χ4n) is 3.17. The summed E-state index contributed by atoms with van der Waals surface area (Å²) in [6.45, 7) is 4.61. The van der Waals surface area contributed by atoms with Gasteiger partial charge in [-0.2, -0.15) is 0 Å². The molecule has 182 valence electrons. The van der Waals surface area contributed by atoms with E-state index in [4.69, 9.17) is 15.2 Å². The van der Waals surface area contributed by atoms with Gasteiger partial charge in [0.1, 0.15) is 0 Å². The number of amides is 3. The minimum atomic E-state index is -0.785. The van der Waals surface area contributed by atoms with Gasteiger partial charge >= 0.3 is 12.0 Å². The summed E-state index contributed by atoms with van der Waals surface area (Å²) in [7, 11) is 1.46. The molecule has 2 rings (SSSR count). The number of nitrogens with two attached hydrogens (primary N) is 1. The van der Waals surface area contributed by atoms with Crippen LogP contribution in [0.5, 0.6) is 11.5 Å². The first-order valence-corrected chi connectivity index (χ1v) is 11.3. The van der Waals surface area contributed by atoms with Crippen LogP contribution in [0.2, 0.25) is 0 Å². The van der Waals surface area contributed by atoms with Gasteiger partial charge in [-0.15, -0.1) is 0 Å². The minimum absolute atomic E-state index is 0.0131. The number of methoxy groups -OCH3 is 1. The Balaban J connectivity index is 1.91. The predicted molar refractivity (Wildman–Crippen MR) is 132 cm³/mol. The zero-order valence-electron chi connectivity index (χ0n) is 19.9. The van der Waals surface area contributed by atoms with Gasteiger partial charge in [-0.1, -0.05) is 44.2 Å². The number of carbonyl (C=O) groups excluding carboxylic acids is 3. The zero-order valence-corrected chi connectivity index (χ0v) is 19.9. The molecule has 0 unspecified atom stereocenters. The maximum absolute atomic E-state index is 12.7. The standard InChI is InChI=1S/C26H33N3O5/c1-18(2)10-6-4-5-7-13-24(30)28-17-19-14-15-22(23(16-19)33-3)34-25(31)20-11-8-9-12-21(20)29-26(27)32/h6,8-12,14-16,18H,4-5,7,13,17H2,1-3H3,(H,28,30)(H3,27,29,32)/b10-6+. The molecule has 2 aromatic rings. The van der Waals surface area contributed by atoms with Crippen LogP contribution >= 0.6 is 0 Å². The van der Waals surface area contributed by atoms with Crippen molar-refractivity contribution in [1.82, 2.24) is 5.32 Å². The number of ether oxygens (including phenoxy) is 2. The number of primary amides is 1. The van der Waals surface area contributed by atoms with Crippen molar-refractivity contribution in [3.05, 3.63) is 65.7 Å². The number of benzene rings is 2. The van der Waals surface area contributed by atoms with Gasteiger partial charge in [0.05, 0.1) is 18.4 Å². The Morgan fingerprint density at radius 3 is 2.53 bits per heavy atom. The fraction of sp³-hybridized carbons (Fsp3) is 0.346. The van der Waals surface area contributed by atoms with Crippen molar-refractivity contribution in [2.24, 2.45) is 11.7 Å². The van der Waals surface area contributed by atoms with Crippen LogP contribution in [0.3, 0.4) is 0 Å². The van der Waals surface area contributed by atoms with E-state index in [2.05, 4.69) is 36.6 Å². The number of hydrogen-bond acceptors (Lipinski definition) is 5. The molecule has 2 aromatic carbocycles. The summed E-state index contributed by atoms with van der Waals surface area (Å²) in [5, 5.41) is 5.30. The van der Waals surface area contributed by atoms with Crippen molar-refractivity contribution in [3.63, 3.8) is 0 Å². The maximum atomic E-state index is 12.7. The lowest BCUT2D eigenvalue weighted by Crippen LogP contribution is -2.22. The lowest BCUT2D eigenvalue weighted by molar-refractivity contribution is -0.121. The normalized spacial score (nSPS) is 10.8. The number of nitrogens with one attached hydrogen (secondary N) is 2. The lowest BCUT2D eigenvalue weighted by atomic mass is 10.1. The number of anilines is 1. The molecular formula is C26H33N3O5. The Morgan fingerprint density at radius 2 is 1.82 bits per heavy atom. The van der Waals surface area contributed by atoms with Crippen LogP contribution in [0.15, 0.2) is 54.6 Å². The van der Waals surface area contributed by atoms with E-state index < -0.39 is 12.0 Å². The van der Waals surface area contributed by atoms with Crippen molar-refractivity contribution < 1.29 is 23.9 Å². The molecule has 0 aliphatic heterocycles. The zero-order chi connectivity index (χ0) is 24.9. The highest BCUT2D eigenvalue weighted by Gasteiger charge is 2.17. The summed E-state index contributed by atoms with van der Waals surface area (Å²) < 4.78 is 10.8. The van der Waals surface area contributed by atoms with E-state index in [0.717, 1.165) is 24.8 Å². The summed E-state index contributed by atoms with van der Waals surface area (Å²) in [6, 6.07) is 10.6. The number of carbonyl (C=O) groups is 3. The molecule has 0 saturated heterocycles. The molecule has 34 heavy (non-hydrogen) atoms. The highest BCUT2D eigenvalue weighted by atomic mass is 16.6. The third kappa shape index (κ3) is 8.97. The lowest BCUT2D eigenvalue weighted by Gasteiger charge is -2.13. The molecule has 0 bridgehead atoms. The topological polar surface area (TPSA) is 120 Å². The number of hydrogen-bond donors (Lipinski definition) is 3. The number of urea groups is 1. The highest BCUT2D eigenvalue weighted by Crippen LogP contribution is 2.29. The average Bonchev–Trinajstić information content (AvgIpc) is 2.80. The Bertz CT molecular complexity index is 1020. The monoisotopic (exact) mass is 467 g/mol. The summed E-state index contributed by atoms with van der Waals surface area (Å²) in [5.41, 5.74) is 6.36. The van der Waals surface area contributed by atoms with Crippen molar-refractivity contribution in [2.75, 3.05) is 12.4 Å². The van der Waals surface area contributed by atoms with E-state index in [9.17, 15) is 14.4 Å². The molecule has 0 radical (unpaired) electrons. The third-order valence-corrected chi connectivity index (χ3v) is 4.87. The molecule has 0 aromatic heterocycles. The van der Waals surface area contributed by atoms with E-state index in [0.29, 0.717) is 24.6 Å². The fourth-order valence-corrected chi connectivity index (χ4v) is 3.17. The summed E-state index contributed by atoms with van der Waals surface area (Å²) >= 11 is 0. The Hall–Kier alpha value is -3.81. The first kappa shape index (κ1) is 26.4. The van der Waals surface area contributed by atoms with Crippen LogP contribution < -0.4 is 25.8 Å². The van der Waals surface area contributed by atoms with E-state index in [-0.39, 0.29) is 22.9 Å². The molecule has 4 N–H and O–H groups in total. The molecule has 0 atom stereocenters. The Morgan fingerprint density at radius 1 is 1.06 bits per heavy atom. The van der Waals surface area contributed by atoms with E-state index >= 15 is 0 Å². The van der Waals surface area contributed by atoms with Crippen LogP contribution in [-0.2, 0) is 11.3 Å². The Labute approximate surface area is 200 Å². The van der Waals surface area contributed by atoms with Gasteiger partial charge in [-0.05, 0) is 55.0 Å². The van der Waals surface area contributed by atoms with Crippen LogP contribution in [0.1, 0.15) is 55.5 Å². The summed E-state index contributed by atoms with van der Waals surface area (Å²) in [4.78, 5) is 36.0. The van der Waals surface area contributed by atoms with Gasteiger partial charge < -0.3 is 25.8 Å². The number of rotatable bonds is 12. The molecule has 0 aliphatic carbocycles. The van der Waals surface area contributed by atoms with Gasteiger partial charge in [0, 0.05) is 13.0 Å². The highest BCUT2D eigenvalue weighted by molar-refractivity contribution is 6.01. The second-order valence-corrected chi connectivity index (χ2v) is 8.10. The van der Waals surface area contributed by atoms with Gasteiger partial charge in [0.15, 0.2) is 11.5 Å². The summed E-state index contributed by atoms with van der Waals surface area (Å²) in [5.74, 6) is 0.418. The second kappa shape index (κ2) is 13.7. The third-order valence-electron chi connectivity index (χ3n) is 4.87. The summed E-state index contributed by atoms with van der Waals surface area (Å²) in [6.07, 6.45) is 7.59. The van der Waals surface area contributed by atoms with Crippen molar-refractivity contribution in [2.45, 2.75) is 46.1 Å². The van der Waals surface area contributed by atoms with Crippen LogP contribution in [0, 0.1) is 5.92 Å². The SMILES string of the molecule is COc1cc(CNC(=O)CCCC/C=C/C(C)C)ccc1OC(=O)c1ccccc1NC(N)=O. The first-order chi connectivity index (χ1) is 16.3. The predicted octanol–water partition coefficient (Wildman–Crippen LogP) is 4.79. The van der Waals surface area contributed by atoms with Gasteiger partial charge in [0.2, 0.25) is 5.91 Å². The molecular weight excluding hydrogens is 434 g/mol.